The lowest BCUT2D eigenvalue weighted by Crippen LogP contribution is -2.28. The fourth-order valence-corrected chi connectivity index (χ4v) is 5.48. The maximum atomic E-state index is 12.6. The number of thiophene rings is 1. The van der Waals surface area contributed by atoms with E-state index in [0.717, 1.165) is 15.6 Å². The van der Waals surface area contributed by atoms with Crippen LogP contribution in [0.15, 0.2) is 39.0 Å². The molecule has 3 N–H and O–H groups in total. The zero-order chi connectivity index (χ0) is 15.6. The Kier molecular flexibility index (Phi) is 5.21. The molecule has 0 spiro atoms. The van der Waals surface area contributed by atoms with E-state index in [2.05, 4.69) is 20.7 Å². The monoisotopic (exact) mass is 388 g/mol. The van der Waals surface area contributed by atoms with E-state index in [1.165, 1.54) is 11.3 Å². The zero-order valence-corrected chi connectivity index (χ0v) is 15.0. The van der Waals surface area contributed by atoms with Crippen LogP contribution in [0.4, 0.5) is 0 Å². The van der Waals surface area contributed by atoms with Crippen LogP contribution in [0.5, 0.6) is 0 Å². The summed E-state index contributed by atoms with van der Waals surface area (Å²) in [4.78, 5) is 0.998. The predicted molar refractivity (Wildman–Crippen MR) is 89.8 cm³/mol. The normalized spacial score (nSPS) is 13.3. The van der Waals surface area contributed by atoms with Gasteiger partial charge in [-0.1, -0.05) is 28.1 Å². The Morgan fingerprint density at radius 1 is 1.43 bits per heavy atom. The maximum absolute atomic E-state index is 12.6. The molecule has 2 rings (SSSR count). The largest absolute Gasteiger partial charge is 0.326 e. The molecule has 4 nitrogen and oxygen atoms in total. The van der Waals surface area contributed by atoms with Gasteiger partial charge in [0.15, 0.2) is 0 Å². The van der Waals surface area contributed by atoms with Crippen LogP contribution in [0.25, 0.3) is 0 Å². The quantitative estimate of drug-likeness (QED) is 0.824. The average Bonchev–Trinajstić information content (AvgIpc) is 2.80. The van der Waals surface area contributed by atoms with Crippen molar-refractivity contribution >= 4 is 37.3 Å². The lowest BCUT2D eigenvalue weighted by molar-refractivity contribution is 0.565. The summed E-state index contributed by atoms with van der Waals surface area (Å²) in [6, 6.07) is 7.25. The topological polar surface area (TPSA) is 72.2 Å². The number of nitrogens with two attached hydrogens (primary N) is 1. The van der Waals surface area contributed by atoms with Gasteiger partial charge in [-0.05, 0) is 42.5 Å². The molecule has 114 valence electrons. The highest BCUT2D eigenvalue weighted by Gasteiger charge is 2.24. The third kappa shape index (κ3) is 3.73. The summed E-state index contributed by atoms with van der Waals surface area (Å²) in [7, 11) is -3.59. The predicted octanol–water partition coefficient (Wildman–Crippen LogP) is 3.32. The number of nitrogens with one attached hydrogen (secondary N) is 1. The highest BCUT2D eigenvalue weighted by molar-refractivity contribution is 9.10. The molecule has 1 atom stereocenters. The standard InChI is InChI=1S/C14H17BrN2O2S2/c1-9-8-20-13(7-16)14(9)21(18,19)17-10(2)11-4-3-5-12(15)6-11/h3-6,8,10,17H,7,16H2,1-2H3. The minimum atomic E-state index is -3.59. The molecule has 1 aromatic carbocycles. The average molecular weight is 389 g/mol. The van der Waals surface area contributed by atoms with Gasteiger partial charge in [0.25, 0.3) is 0 Å². The summed E-state index contributed by atoms with van der Waals surface area (Å²) in [6.07, 6.45) is 0. The number of rotatable bonds is 5. The van der Waals surface area contributed by atoms with E-state index >= 15 is 0 Å². The first-order valence-electron chi connectivity index (χ1n) is 6.40. The highest BCUT2D eigenvalue weighted by Crippen LogP contribution is 2.28. The van der Waals surface area contributed by atoms with Crippen LogP contribution in [0.2, 0.25) is 0 Å². The van der Waals surface area contributed by atoms with Crippen LogP contribution in [-0.4, -0.2) is 8.42 Å². The molecule has 0 fully saturated rings. The summed E-state index contributed by atoms with van der Waals surface area (Å²) in [5.41, 5.74) is 7.26. The van der Waals surface area contributed by atoms with Crippen molar-refractivity contribution in [3.63, 3.8) is 0 Å². The molecule has 0 saturated heterocycles. The number of sulfonamides is 1. The molecule has 0 radical (unpaired) electrons. The van der Waals surface area contributed by atoms with Gasteiger partial charge in [-0.2, -0.15) is 0 Å². The Bertz CT molecular complexity index is 741. The van der Waals surface area contributed by atoms with E-state index in [4.69, 9.17) is 5.73 Å². The van der Waals surface area contributed by atoms with Gasteiger partial charge < -0.3 is 5.73 Å². The van der Waals surface area contributed by atoms with Crippen molar-refractivity contribution in [1.82, 2.24) is 4.72 Å². The SMILES string of the molecule is Cc1csc(CN)c1S(=O)(=O)NC(C)c1cccc(Br)c1. The van der Waals surface area contributed by atoms with Gasteiger partial charge in [0, 0.05) is 21.9 Å². The van der Waals surface area contributed by atoms with Crippen molar-refractivity contribution < 1.29 is 8.42 Å². The molecular weight excluding hydrogens is 372 g/mol. The van der Waals surface area contributed by atoms with Gasteiger partial charge in [0.1, 0.15) is 4.90 Å². The van der Waals surface area contributed by atoms with E-state index in [-0.39, 0.29) is 12.6 Å². The number of aryl methyl sites for hydroxylation is 1. The lowest BCUT2D eigenvalue weighted by Gasteiger charge is -2.16. The third-order valence-electron chi connectivity index (χ3n) is 3.12. The van der Waals surface area contributed by atoms with E-state index < -0.39 is 10.0 Å². The molecule has 0 bridgehead atoms. The van der Waals surface area contributed by atoms with Crippen LogP contribution in [0.3, 0.4) is 0 Å². The number of hydrogen-bond acceptors (Lipinski definition) is 4. The lowest BCUT2D eigenvalue weighted by atomic mass is 10.1. The van der Waals surface area contributed by atoms with E-state index in [1.54, 1.807) is 6.92 Å². The zero-order valence-electron chi connectivity index (χ0n) is 11.8. The maximum Gasteiger partial charge on any atom is 0.242 e. The molecule has 1 heterocycles. The van der Waals surface area contributed by atoms with Gasteiger partial charge in [-0.3, -0.25) is 0 Å². The van der Waals surface area contributed by atoms with Crippen LogP contribution in [0, 0.1) is 6.92 Å². The number of halogens is 1. The molecule has 2 aromatic rings. The van der Waals surface area contributed by atoms with Crippen molar-refractivity contribution in [2.45, 2.75) is 31.3 Å². The molecule has 1 unspecified atom stereocenters. The van der Waals surface area contributed by atoms with Crippen molar-refractivity contribution in [3.05, 3.63) is 50.1 Å². The van der Waals surface area contributed by atoms with Crippen LogP contribution < -0.4 is 10.5 Å². The smallest absolute Gasteiger partial charge is 0.242 e. The minimum absolute atomic E-state index is 0.222. The molecule has 0 aliphatic carbocycles. The molecule has 7 heteroatoms. The number of benzene rings is 1. The molecular formula is C14H17BrN2O2S2. The Labute approximate surface area is 137 Å². The van der Waals surface area contributed by atoms with E-state index in [9.17, 15) is 8.42 Å². The van der Waals surface area contributed by atoms with Crippen LogP contribution >= 0.6 is 27.3 Å². The third-order valence-corrected chi connectivity index (χ3v) is 6.64. The van der Waals surface area contributed by atoms with Crippen molar-refractivity contribution in [1.29, 1.82) is 0 Å². The summed E-state index contributed by atoms with van der Waals surface area (Å²) < 4.78 is 28.8. The second-order valence-corrected chi connectivity index (χ2v) is 8.30. The molecule has 0 amide bonds. The Morgan fingerprint density at radius 2 is 2.14 bits per heavy atom. The highest BCUT2D eigenvalue weighted by atomic mass is 79.9. The van der Waals surface area contributed by atoms with Crippen molar-refractivity contribution in [2.75, 3.05) is 0 Å². The van der Waals surface area contributed by atoms with Gasteiger partial charge in [0.05, 0.1) is 0 Å². The Balaban J connectivity index is 2.31. The minimum Gasteiger partial charge on any atom is -0.326 e. The van der Waals surface area contributed by atoms with Crippen molar-refractivity contribution in [3.8, 4) is 0 Å². The van der Waals surface area contributed by atoms with Gasteiger partial charge >= 0.3 is 0 Å². The summed E-state index contributed by atoms with van der Waals surface area (Å²) in [5, 5.41) is 1.82. The number of hydrogen-bond donors (Lipinski definition) is 2. The summed E-state index contributed by atoms with van der Waals surface area (Å²) in [6.45, 7) is 3.83. The molecule has 0 aliphatic heterocycles. The molecule has 1 aromatic heterocycles. The molecule has 21 heavy (non-hydrogen) atoms. The fourth-order valence-electron chi connectivity index (χ4n) is 2.12. The Morgan fingerprint density at radius 3 is 2.76 bits per heavy atom. The van der Waals surface area contributed by atoms with Gasteiger partial charge in [-0.15, -0.1) is 11.3 Å². The second-order valence-electron chi connectivity index (χ2n) is 4.77. The van der Waals surface area contributed by atoms with E-state index in [1.807, 2.05) is 36.6 Å². The molecule has 0 saturated carbocycles. The van der Waals surface area contributed by atoms with Crippen LogP contribution in [0.1, 0.15) is 29.0 Å². The Hall–Kier alpha value is -0.730. The van der Waals surface area contributed by atoms with E-state index in [0.29, 0.717) is 9.77 Å². The second kappa shape index (κ2) is 6.58. The first kappa shape index (κ1) is 16.6. The van der Waals surface area contributed by atoms with Gasteiger partial charge in [-0.25, -0.2) is 13.1 Å². The van der Waals surface area contributed by atoms with Crippen molar-refractivity contribution in [2.24, 2.45) is 5.73 Å². The first-order chi connectivity index (χ1) is 9.85. The first-order valence-corrected chi connectivity index (χ1v) is 9.55. The van der Waals surface area contributed by atoms with Crippen LogP contribution in [-0.2, 0) is 16.6 Å². The summed E-state index contributed by atoms with van der Waals surface area (Å²) >= 11 is 4.77. The summed E-state index contributed by atoms with van der Waals surface area (Å²) in [5.74, 6) is 0. The fraction of sp³-hybridized carbons (Fsp3) is 0.286. The van der Waals surface area contributed by atoms with Gasteiger partial charge in [0.2, 0.25) is 10.0 Å². The molecule has 0 aliphatic rings.